The number of epoxide rings is 1. The van der Waals surface area contributed by atoms with Gasteiger partial charge in [-0.2, -0.15) is 0 Å². The van der Waals surface area contributed by atoms with Gasteiger partial charge in [0.05, 0.1) is 26.4 Å². The lowest BCUT2D eigenvalue weighted by atomic mass is 10.3. The van der Waals surface area contributed by atoms with Gasteiger partial charge in [0, 0.05) is 13.2 Å². The van der Waals surface area contributed by atoms with Crippen LogP contribution in [-0.4, -0.2) is 62.1 Å². The summed E-state index contributed by atoms with van der Waals surface area (Å²) in [6, 6.07) is 0. The van der Waals surface area contributed by atoms with Crippen LogP contribution in [0.3, 0.4) is 0 Å². The summed E-state index contributed by atoms with van der Waals surface area (Å²) in [5.41, 5.74) is 0. The van der Waals surface area contributed by atoms with Crippen LogP contribution >= 0.6 is 0 Å². The van der Waals surface area contributed by atoms with Crippen molar-refractivity contribution in [1.82, 2.24) is 0 Å². The van der Waals surface area contributed by atoms with E-state index in [1.165, 1.54) is 0 Å². The molecule has 5 nitrogen and oxygen atoms in total. The Morgan fingerprint density at radius 2 is 1.93 bits per heavy atom. The Balaban J connectivity index is 1.68. The molecule has 0 spiro atoms. The van der Waals surface area contributed by atoms with Crippen LogP contribution in [0.25, 0.3) is 0 Å². The molecule has 0 unspecified atom stereocenters. The summed E-state index contributed by atoms with van der Waals surface area (Å²) in [6.45, 7) is 2.82. The van der Waals surface area contributed by atoms with Crippen LogP contribution in [-0.2, 0) is 14.2 Å². The Morgan fingerprint density at radius 1 is 1.27 bits per heavy atom. The molecule has 0 aromatic carbocycles. The number of unbranched alkanes of at least 4 members (excludes halogenated alkanes) is 1. The summed E-state index contributed by atoms with van der Waals surface area (Å²) in [7, 11) is 0. The topological polar surface area (TPSA) is 71.5 Å². The smallest absolute Gasteiger partial charge is 0.104 e. The molecule has 0 radical (unpaired) electrons. The van der Waals surface area contributed by atoms with E-state index in [4.69, 9.17) is 24.4 Å². The standard InChI is InChI=1S/C10H20O5/c11-5-9(12)6-13-3-1-2-4-14-7-10-8-15-10/h9-12H,1-8H2/t9-,10-/m1/s1. The van der Waals surface area contributed by atoms with Crippen molar-refractivity contribution in [3.63, 3.8) is 0 Å². The molecule has 1 aliphatic rings. The molecule has 15 heavy (non-hydrogen) atoms. The molecule has 0 aromatic heterocycles. The molecule has 0 aliphatic carbocycles. The Hall–Kier alpha value is -0.200. The number of aliphatic hydroxyl groups excluding tert-OH is 2. The van der Waals surface area contributed by atoms with Crippen molar-refractivity contribution in [3.05, 3.63) is 0 Å². The van der Waals surface area contributed by atoms with Crippen LogP contribution in [0.4, 0.5) is 0 Å². The molecular formula is C10H20O5. The van der Waals surface area contributed by atoms with Gasteiger partial charge in [-0.25, -0.2) is 0 Å². The van der Waals surface area contributed by atoms with Crippen LogP contribution in [0.2, 0.25) is 0 Å². The van der Waals surface area contributed by atoms with Gasteiger partial charge in [0.25, 0.3) is 0 Å². The Bertz CT molecular complexity index is 149. The number of ether oxygens (including phenoxy) is 3. The fourth-order valence-electron chi connectivity index (χ4n) is 1.06. The molecule has 0 bridgehead atoms. The zero-order valence-electron chi connectivity index (χ0n) is 8.93. The Kier molecular flexibility index (Phi) is 6.87. The van der Waals surface area contributed by atoms with Gasteiger partial charge in [0.1, 0.15) is 12.2 Å². The van der Waals surface area contributed by atoms with E-state index >= 15 is 0 Å². The van der Waals surface area contributed by atoms with Crippen LogP contribution < -0.4 is 0 Å². The molecule has 1 heterocycles. The first-order valence-corrected chi connectivity index (χ1v) is 5.39. The number of hydrogen-bond acceptors (Lipinski definition) is 5. The van der Waals surface area contributed by atoms with Crippen molar-refractivity contribution in [2.75, 3.05) is 39.6 Å². The van der Waals surface area contributed by atoms with Crippen molar-refractivity contribution < 1.29 is 24.4 Å². The average molecular weight is 220 g/mol. The number of rotatable bonds is 10. The lowest BCUT2D eigenvalue weighted by molar-refractivity contribution is 0.00362. The summed E-state index contributed by atoms with van der Waals surface area (Å²) >= 11 is 0. The predicted molar refractivity (Wildman–Crippen MR) is 53.7 cm³/mol. The van der Waals surface area contributed by atoms with Gasteiger partial charge >= 0.3 is 0 Å². The summed E-state index contributed by atoms with van der Waals surface area (Å²) in [4.78, 5) is 0. The highest BCUT2D eigenvalue weighted by Crippen LogP contribution is 2.08. The summed E-state index contributed by atoms with van der Waals surface area (Å²) < 4.78 is 15.5. The monoisotopic (exact) mass is 220 g/mol. The first-order valence-electron chi connectivity index (χ1n) is 5.39. The van der Waals surface area contributed by atoms with E-state index in [0.29, 0.717) is 19.3 Å². The fourth-order valence-corrected chi connectivity index (χ4v) is 1.06. The highest BCUT2D eigenvalue weighted by molar-refractivity contribution is 4.66. The minimum atomic E-state index is -0.756. The van der Waals surface area contributed by atoms with Crippen LogP contribution in [0.15, 0.2) is 0 Å². The molecule has 1 fully saturated rings. The molecule has 90 valence electrons. The second-order valence-corrected chi connectivity index (χ2v) is 3.65. The van der Waals surface area contributed by atoms with E-state index in [0.717, 1.165) is 26.1 Å². The van der Waals surface area contributed by atoms with Crippen molar-refractivity contribution in [1.29, 1.82) is 0 Å². The van der Waals surface area contributed by atoms with Gasteiger partial charge in [-0.05, 0) is 12.8 Å². The first-order chi connectivity index (χ1) is 7.33. The van der Waals surface area contributed by atoms with Crippen LogP contribution in [0.5, 0.6) is 0 Å². The third-order valence-electron chi connectivity index (χ3n) is 2.05. The number of hydrogen-bond donors (Lipinski definition) is 2. The van der Waals surface area contributed by atoms with Crippen LogP contribution in [0.1, 0.15) is 12.8 Å². The molecule has 2 atom stereocenters. The van der Waals surface area contributed by atoms with Gasteiger partial charge in [-0.15, -0.1) is 0 Å². The van der Waals surface area contributed by atoms with Crippen molar-refractivity contribution in [2.45, 2.75) is 25.0 Å². The summed E-state index contributed by atoms with van der Waals surface area (Å²) in [6.07, 6.45) is 1.43. The maximum absolute atomic E-state index is 8.95. The van der Waals surface area contributed by atoms with E-state index in [-0.39, 0.29) is 13.2 Å². The third kappa shape index (κ3) is 7.70. The second kappa shape index (κ2) is 8.01. The molecule has 1 aliphatic heterocycles. The zero-order valence-corrected chi connectivity index (χ0v) is 8.93. The van der Waals surface area contributed by atoms with Crippen molar-refractivity contribution in [3.8, 4) is 0 Å². The van der Waals surface area contributed by atoms with Gasteiger partial charge < -0.3 is 24.4 Å². The largest absolute Gasteiger partial charge is 0.394 e. The highest BCUT2D eigenvalue weighted by atomic mass is 16.6. The molecule has 0 saturated carbocycles. The molecule has 0 aromatic rings. The second-order valence-electron chi connectivity index (χ2n) is 3.65. The van der Waals surface area contributed by atoms with E-state index in [9.17, 15) is 0 Å². The summed E-state index contributed by atoms with van der Waals surface area (Å²) in [5.74, 6) is 0. The van der Waals surface area contributed by atoms with E-state index in [1.54, 1.807) is 0 Å². The normalized spacial score (nSPS) is 21.6. The maximum atomic E-state index is 8.95. The average Bonchev–Trinajstić information content (AvgIpc) is 3.05. The number of aliphatic hydroxyl groups is 2. The van der Waals surface area contributed by atoms with Crippen LogP contribution in [0, 0.1) is 0 Å². The minimum absolute atomic E-state index is 0.202. The maximum Gasteiger partial charge on any atom is 0.104 e. The SMILES string of the molecule is OC[C@@H](O)COCCCCOC[C@@H]1CO1. The Labute approximate surface area is 89.9 Å². The zero-order chi connectivity index (χ0) is 10.9. The van der Waals surface area contributed by atoms with Gasteiger partial charge in [0.15, 0.2) is 0 Å². The van der Waals surface area contributed by atoms with Gasteiger partial charge in [0.2, 0.25) is 0 Å². The van der Waals surface area contributed by atoms with E-state index < -0.39 is 6.10 Å². The molecule has 1 rings (SSSR count). The molecule has 2 N–H and O–H groups in total. The Morgan fingerprint density at radius 3 is 2.53 bits per heavy atom. The molecule has 5 heteroatoms. The predicted octanol–water partition coefficient (Wildman–Crippen LogP) is -0.448. The molecular weight excluding hydrogens is 200 g/mol. The van der Waals surface area contributed by atoms with Crippen molar-refractivity contribution >= 4 is 0 Å². The van der Waals surface area contributed by atoms with E-state index in [1.807, 2.05) is 0 Å². The molecule has 0 amide bonds. The quantitative estimate of drug-likeness (QED) is 0.385. The third-order valence-corrected chi connectivity index (χ3v) is 2.05. The lowest BCUT2D eigenvalue weighted by Gasteiger charge is -2.07. The first kappa shape index (κ1) is 12.9. The van der Waals surface area contributed by atoms with Gasteiger partial charge in [-0.1, -0.05) is 0 Å². The minimum Gasteiger partial charge on any atom is -0.394 e. The highest BCUT2D eigenvalue weighted by Gasteiger charge is 2.21. The van der Waals surface area contributed by atoms with E-state index in [2.05, 4.69) is 0 Å². The molecule has 1 saturated heterocycles. The lowest BCUT2D eigenvalue weighted by Crippen LogP contribution is -2.19. The summed E-state index contributed by atoms with van der Waals surface area (Å²) in [5, 5.41) is 17.5. The fraction of sp³-hybridized carbons (Fsp3) is 1.00. The van der Waals surface area contributed by atoms with Gasteiger partial charge in [-0.3, -0.25) is 0 Å². The van der Waals surface area contributed by atoms with Crippen molar-refractivity contribution in [2.24, 2.45) is 0 Å².